The zero-order valence-corrected chi connectivity index (χ0v) is 20.9. The fourth-order valence-electron chi connectivity index (χ4n) is 4.35. The molecule has 0 aliphatic rings. The zero-order chi connectivity index (χ0) is 25.1. The summed E-state index contributed by atoms with van der Waals surface area (Å²) in [6.45, 7) is 3.95. The van der Waals surface area contributed by atoms with Crippen molar-refractivity contribution in [2.24, 2.45) is 0 Å². The second-order valence-corrected chi connectivity index (χ2v) is 9.32. The number of aromatic hydroxyl groups is 1. The van der Waals surface area contributed by atoms with Gasteiger partial charge in [-0.2, -0.15) is 0 Å². The van der Waals surface area contributed by atoms with E-state index in [1.807, 2.05) is 104 Å². The molecule has 1 aromatic heterocycles. The smallest absolute Gasteiger partial charge is 0.342 e. The van der Waals surface area contributed by atoms with E-state index in [0.717, 1.165) is 37.8 Å². The number of aryl methyl sites for hydroxylation is 1. The maximum absolute atomic E-state index is 13.2. The Bertz CT molecular complexity index is 1510. The molecule has 1 heterocycles. The van der Waals surface area contributed by atoms with Gasteiger partial charge in [-0.1, -0.05) is 91.0 Å². The van der Waals surface area contributed by atoms with Crippen molar-refractivity contribution in [3.8, 4) is 49.0 Å². The van der Waals surface area contributed by atoms with E-state index in [2.05, 4.69) is 0 Å². The van der Waals surface area contributed by atoms with E-state index >= 15 is 0 Å². The monoisotopic (exact) mass is 491 g/mol. The highest BCUT2D eigenvalue weighted by molar-refractivity contribution is 7.18. The van der Waals surface area contributed by atoms with Gasteiger partial charge in [-0.05, 0) is 31.0 Å². The van der Waals surface area contributed by atoms with Gasteiger partial charge in [0.15, 0.2) is 0 Å². The minimum Gasteiger partial charge on any atom is -0.506 e. The minimum atomic E-state index is -0.552. The van der Waals surface area contributed by atoms with Gasteiger partial charge in [0.25, 0.3) is 0 Å². The molecule has 0 saturated carbocycles. The molecule has 0 radical (unpaired) electrons. The van der Waals surface area contributed by atoms with Crippen molar-refractivity contribution in [2.75, 3.05) is 6.61 Å². The third kappa shape index (κ3) is 4.41. The van der Waals surface area contributed by atoms with Crippen LogP contribution in [-0.2, 0) is 4.74 Å². The van der Waals surface area contributed by atoms with Gasteiger partial charge in [-0.3, -0.25) is 0 Å². The van der Waals surface area contributed by atoms with Crippen LogP contribution < -0.4 is 0 Å². The van der Waals surface area contributed by atoms with Gasteiger partial charge in [-0.15, -0.1) is 11.3 Å². The first-order valence-electron chi connectivity index (χ1n) is 11.8. The van der Waals surface area contributed by atoms with E-state index in [9.17, 15) is 9.90 Å². The van der Waals surface area contributed by atoms with E-state index < -0.39 is 5.97 Å². The molecule has 0 unspecified atom stereocenters. The highest BCUT2D eigenvalue weighted by Crippen LogP contribution is 2.48. The Morgan fingerprint density at radius 1 is 0.833 bits per heavy atom. The van der Waals surface area contributed by atoms with Crippen LogP contribution >= 0.6 is 11.3 Å². The predicted molar refractivity (Wildman–Crippen MR) is 146 cm³/mol. The summed E-state index contributed by atoms with van der Waals surface area (Å²) in [5, 5.41) is 12.6. The van der Waals surface area contributed by atoms with Crippen molar-refractivity contribution >= 4 is 17.3 Å². The molecule has 4 aromatic carbocycles. The second-order valence-electron chi connectivity index (χ2n) is 8.32. The van der Waals surface area contributed by atoms with E-state index in [-0.39, 0.29) is 17.9 Å². The van der Waals surface area contributed by atoms with Crippen molar-refractivity contribution < 1.29 is 14.6 Å². The Hall–Kier alpha value is -4.22. The largest absolute Gasteiger partial charge is 0.506 e. The molecule has 4 nitrogen and oxygen atoms in total. The number of nitrogens with zero attached hydrogens (tertiary/aromatic N) is 1. The molecule has 5 heteroatoms. The molecule has 5 aromatic rings. The number of rotatable bonds is 6. The maximum Gasteiger partial charge on any atom is 0.342 e. The quantitative estimate of drug-likeness (QED) is 0.244. The summed E-state index contributed by atoms with van der Waals surface area (Å²) in [6.07, 6.45) is 0. The van der Waals surface area contributed by atoms with Gasteiger partial charge < -0.3 is 9.84 Å². The molecule has 0 aliphatic carbocycles. The molecule has 5 rings (SSSR count). The van der Waals surface area contributed by atoms with Crippen molar-refractivity contribution in [3.05, 3.63) is 108 Å². The number of thiazole rings is 1. The summed E-state index contributed by atoms with van der Waals surface area (Å²) >= 11 is 1.57. The lowest BCUT2D eigenvalue weighted by Gasteiger charge is -2.19. The first-order chi connectivity index (χ1) is 17.6. The number of esters is 1. The number of hydrogen-bond donors (Lipinski definition) is 1. The molecule has 0 fully saturated rings. The molecular weight excluding hydrogens is 466 g/mol. The van der Waals surface area contributed by atoms with E-state index in [0.29, 0.717) is 11.1 Å². The van der Waals surface area contributed by atoms with Crippen LogP contribution in [0, 0.1) is 6.92 Å². The number of carbonyl (C=O) groups is 1. The molecule has 36 heavy (non-hydrogen) atoms. The fraction of sp³-hybridized carbons (Fsp3) is 0.0968. The molecule has 0 bridgehead atoms. The molecule has 178 valence electrons. The highest BCUT2D eigenvalue weighted by atomic mass is 32.1. The van der Waals surface area contributed by atoms with Gasteiger partial charge in [0.05, 0.1) is 17.2 Å². The Kier molecular flexibility index (Phi) is 6.65. The topological polar surface area (TPSA) is 59.4 Å². The number of hydrogen-bond acceptors (Lipinski definition) is 5. The highest BCUT2D eigenvalue weighted by Gasteiger charge is 2.27. The summed E-state index contributed by atoms with van der Waals surface area (Å²) < 4.78 is 5.38. The van der Waals surface area contributed by atoms with Gasteiger partial charge in [0.1, 0.15) is 16.3 Å². The number of phenols is 1. The van der Waals surface area contributed by atoms with Crippen molar-refractivity contribution in [2.45, 2.75) is 13.8 Å². The van der Waals surface area contributed by atoms with Crippen molar-refractivity contribution in [1.82, 2.24) is 4.98 Å². The fourth-order valence-corrected chi connectivity index (χ4v) is 5.44. The standard InChI is InChI=1S/C31H25NO3S/c1-3-35-31(34)27-24(21-13-7-4-8-14-21)19-25(26(28(27)33)22-15-9-5-10-16-22)29-20(2)32-30(36-29)23-17-11-6-12-18-23/h4-19,33H,3H2,1-2H3. The molecule has 0 amide bonds. The van der Waals surface area contributed by atoms with Crippen LogP contribution in [0.5, 0.6) is 5.75 Å². The summed E-state index contributed by atoms with van der Waals surface area (Å²) in [6, 6.07) is 31.3. The lowest BCUT2D eigenvalue weighted by atomic mass is 9.88. The summed E-state index contributed by atoms with van der Waals surface area (Å²) in [5.74, 6) is -0.645. The Morgan fingerprint density at radius 2 is 1.39 bits per heavy atom. The van der Waals surface area contributed by atoms with Crippen molar-refractivity contribution in [1.29, 1.82) is 0 Å². The third-order valence-corrected chi connectivity index (χ3v) is 7.23. The number of aromatic nitrogens is 1. The van der Waals surface area contributed by atoms with Crippen LogP contribution in [0.3, 0.4) is 0 Å². The van der Waals surface area contributed by atoms with Crippen molar-refractivity contribution in [3.63, 3.8) is 0 Å². The SMILES string of the molecule is CCOC(=O)c1c(-c2ccccc2)cc(-c2sc(-c3ccccc3)nc2C)c(-c2ccccc2)c1O. The van der Waals surface area contributed by atoms with Gasteiger partial charge >= 0.3 is 5.97 Å². The molecule has 1 N–H and O–H groups in total. The number of carbonyl (C=O) groups excluding carboxylic acids is 1. The number of phenolic OH excluding ortho intramolecular Hbond substituents is 1. The first kappa shape index (κ1) is 23.5. The van der Waals surface area contributed by atoms with Crippen LogP contribution in [-0.4, -0.2) is 22.7 Å². The van der Waals surface area contributed by atoms with Crippen LogP contribution in [0.1, 0.15) is 23.0 Å². The molecular formula is C31H25NO3S. The first-order valence-corrected chi connectivity index (χ1v) is 12.6. The van der Waals surface area contributed by atoms with Crippen LogP contribution in [0.15, 0.2) is 97.1 Å². The molecule has 0 spiro atoms. The van der Waals surface area contributed by atoms with Crippen LogP contribution in [0.25, 0.3) is 43.3 Å². The second kappa shape index (κ2) is 10.2. The lowest BCUT2D eigenvalue weighted by molar-refractivity contribution is 0.0524. The van der Waals surface area contributed by atoms with Gasteiger partial charge in [0, 0.05) is 22.3 Å². The molecule has 0 atom stereocenters. The Labute approximate surface area is 214 Å². The number of ether oxygens (including phenoxy) is 1. The Balaban J connectivity index is 1.84. The average Bonchev–Trinajstić information content (AvgIpc) is 3.31. The van der Waals surface area contributed by atoms with E-state index in [1.54, 1.807) is 18.3 Å². The van der Waals surface area contributed by atoms with Gasteiger partial charge in [-0.25, -0.2) is 9.78 Å². The third-order valence-electron chi connectivity index (χ3n) is 5.99. The van der Waals surface area contributed by atoms with Crippen LogP contribution in [0.4, 0.5) is 0 Å². The van der Waals surface area contributed by atoms with E-state index in [4.69, 9.17) is 9.72 Å². The summed E-state index contributed by atoms with van der Waals surface area (Å²) in [7, 11) is 0. The van der Waals surface area contributed by atoms with Crippen LogP contribution in [0.2, 0.25) is 0 Å². The summed E-state index contributed by atoms with van der Waals surface area (Å²) in [5.41, 5.74) is 5.72. The molecule has 0 saturated heterocycles. The zero-order valence-electron chi connectivity index (χ0n) is 20.1. The molecule has 0 aliphatic heterocycles. The average molecular weight is 492 g/mol. The Morgan fingerprint density at radius 3 is 1.97 bits per heavy atom. The predicted octanol–water partition coefficient (Wildman–Crippen LogP) is 8.00. The lowest BCUT2D eigenvalue weighted by Crippen LogP contribution is -2.08. The minimum absolute atomic E-state index is 0.0925. The normalized spacial score (nSPS) is 10.8. The number of benzene rings is 4. The summed E-state index contributed by atoms with van der Waals surface area (Å²) in [4.78, 5) is 19.0. The van der Waals surface area contributed by atoms with Gasteiger partial charge in [0.2, 0.25) is 0 Å². The maximum atomic E-state index is 13.2. The van der Waals surface area contributed by atoms with E-state index in [1.165, 1.54) is 0 Å².